The van der Waals surface area contributed by atoms with E-state index in [9.17, 15) is 8.42 Å². The van der Waals surface area contributed by atoms with E-state index in [0.29, 0.717) is 18.3 Å². The molecule has 0 radical (unpaired) electrons. The maximum Gasteiger partial charge on any atom is 0.225 e. The van der Waals surface area contributed by atoms with Gasteiger partial charge in [-0.15, -0.1) is 0 Å². The lowest BCUT2D eigenvalue weighted by molar-refractivity contribution is 0.301. The van der Waals surface area contributed by atoms with Crippen molar-refractivity contribution in [1.29, 1.82) is 0 Å². The van der Waals surface area contributed by atoms with Gasteiger partial charge in [0.2, 0.25) is 5.95 Å². The van der Waals surface area contributed by atoms with Gasteiger partial charge in [0.15, 0.2) is 9.84 Å². The van der Waals surface area contributed by atoms with Crippen LogP contribution in [0.3, 0.4) is 0 Å². The highest BCUT2D eigenvalue weighted by Gasteiger charge is 2.22. The average Bonchev–Trinajstić information content (AvgIpc) is 2.83. The van der Waals surface area contributed by atoms with E-state index in [1.165, 1.54) is 11.8 Å². The molecule has 1 atom stereocenters. The monoisotopic (exact) mass is 464 g/mol. The Morgan fingerprint density at radius 1 is 1.03 bits per heavy atom. The largest absolute Gasteiger partial charge is 0.487 e. The minimum atomic E-state index is -3.21. The Labute approximate surface area is 195 Å². The Hall–Kier alpha value is -3.26. The molecule has 33 heavy (non-hydrogen) atoms. The van der Waals surface area contributed by atoms with Crippen LogP contribution in [-0.4, -0.2) is 42.7 Å². The van der Waals surface area contributed by atoms with Crippen LogP contribution in [0.25, 0.3) is 5.57 Å². The van der Waals surface area contributed by atoms with Gasteiger partial charge in [-0.3, -0.25) is 4.98 Å². The summed E-state index contributed by atoms with van der Waals surface area (Å²) in [5.74, 6) is 1.70. The molecule has 0 N–H and O–H groups in total. The number of aryl methyl sites for hydroxylation is 1. The van der Waals surface area contributed by atoms with Crippen LogP contribution in [0.2, 0.25) is 0 Å². The van der Waals surface area contributed by atoms with Crippen LogP contribution in [0.15, 0.2) is 66.0 Å². The second-order valence-electron chi connectivity index (χ2n) is 8.28. The Bertz CT molecular complexity index is 1220. The molecule has 3 aromatic rings. The van der Waals surface area contributed by atoms with Crippen molar-refractivity contribution in [2.75, 3.05) is 24.2 Å². The molecule has 0 aliphatic carbocycles. The molecule has 1 unspecified atom stereocenters. The smallest absolute Gasteiger partial charge is 0.225 e. The zero-order valence-corrected chi connectivity index (χ0v) is 19.9. The zero-order valence-electron chi connectivity index (χ0n) is 19.1. The van der Waals surface area contributed by atoms with Crippen LogP contribution < -0.4 is 9.64 Å². The topological polar surface area (TPSA) is 85.3 Å². The van der Waals surface area contributed by atoms with E-state index in [0.717, 1.165) is 42.3 Å². The lowest BCUT2D eigenvalue weighted by atomic mass is 9.91. The highest BCUT2D eigenvalue weighted by Crippen LogP contribution is 2.29. The molecule has 8 heteroatoms. The van der Waals surface area contributed by atoms with Crippen LogP contribution >= 0.6 is 0 Å². The standard InChI is InChI=1S/C25H28N4O3S/c1-4-19-13-27-25(28-14-19)29-12-11-24(18(2)16-29)20-5-6-21(26-15-20)17-32-22-7-9-23(10-8-22)33(3,30)31/h5-11,13-15,18H,4,12,16-17H2,1-3H3. The molecule has 1 aliphatic rings. The summed E-state index contributed by atoms with van der Waals surface area (Å²) < 4.78 is 28.9. The van der Waals surface area contributed by atoms with Gasteiger partial charge in [-0.1, -0.05) is 26.0 Å². The summed E-state index contributed by atoms with van der Waals surface area (Å²) in [4.78, 5) is 16.0. The van der Waals surface area contributed by atoms with Crippen molar-refractivity contribution in [3.8, 4) is 5.75 Å². The number of hydrogen-bond donors (Lipinski definition) is 0. The van der Waals surface area contributed by atoms with Gasteiger partial charge >= 0.3 is 0 Å². The lowest BCUT2D eigenvalue weighted by Gasteiger charge is -2.31. The van der Waals surface area contributed by atoms with Gasteiger partial charge in [0.1, 0.15) is 12.4 Å². The summed E-state index contributed by atoms with van der Waals surface area (Å²) in [5.41, 5.74) is 4.32. The minimum absolute atomic E-state index is 0.273. The average molecular weight is 465 g/mol. The van der Waals surface area contributed by atoms with Gasteiger partial charge in [-0.25, -0.2) is 18.4 Å². The van der Waals surface area contributed by atoms with Crippen LogP contribution in [0.5, 0.6) is 5.75 Å². The van der Waals surface area contributed by atoms with E-state index in [1.54, 1.807) is 24.3 Å². The van der Waals surface area contributed by atoms with Gasteiger partial charge in [-0.2, -0.15) is 0 Å². The predicted octanol–water partition coefficient (Wildman–Crippen LogP) is 3.96. The summed E-state index contributed by atoms with van der Waals surface area (Å²) in [7, 11) is -3.21. The van der Waals surface area contributed by atoms with E-state index < -0.39 is 9.84 Å². The molecule has 7 nitrogen and oxygen atoms in total. The molecule has 3 heterocycles. The van der Waals surface area contributed by atoms with Crippen molar-refractivity contribution < 1.29 is 13.2 Å². The Morgan fingerprint density at radius 2 is 1.76 bits per heavy atom. The first-order valence-corrected chi connectivity index (χ1v) is 12.9. The third-order valence-electron chi connectivity index (χ3n) is 5.74. The third-order valence-corrected chi connectivity index (χ3v) is 6.86. The van der Waals surface area contributed by atoms with E-state index >= 15 is 0 Å². The summed E-state index contributed by atoms with van der Waals surface area (Å²) in [6.07, 6.45) is 10.0. The zero-order chi connectivity index (χ0) is 23.4. The highest BCUT2D eigenvalue weighted by atomic mass is 32.2. The maximum absolute atomic E-state index is 11.6. The highest BCUT2D eigenvalue weighted by molar-refractivity contribution is 7.90. The van der Waals surface area contributed by atoms with Crippen molar-refractivity contribution in [2.45, 2.75) is 31.8 Å². The summed E-state index contributed by atoms with van der Waals surface area (Å²) >= 11 is 0. The molecule has 1 aromatic carbocycles. The normalized spacial score (nSPS) is 16.4. The third kappa shape index (κ3) is 5.57. The molecule has 0 fully saturated rings. The molecule has 2 aromatic heterocycles. The van der Waals surface area contributed by atoms with Crippen molar-refractivity contribution >= 4 is 21.4 Å². The summed E-state index contributed by atoms with van der Waals surface area (Å²) in [6.45, 7) is 6.23. The number of benzene rings is 1. The van der Waals surface area contributed by atoms with E-state index in [-0.39, 0.29) is 4.90 Å². The molecule has 0 saturated carbocycles. The predicted molar refractivity (Wildman–Crippen MR) is 129 cm³/mol. The number of aromatic nitrogens is 3. The van der Waals surface area contributed by atoms with Crippen molar-refractivity contribution in [1.82, 2.24) is 15.0 Å². The number of ether oxygens (including phenoxy) is 1. The first-order valence-electron chi connectivity index (χ1n) is 11.0. The molecule has 0 spiro atoms. The van der Waals surface area contributed by atoms with Crippen molar-refractivity contribution in [2.24, 2.45) is 5.92 Å². The molecule has 0 bridgehead atoms. The van der Waals surface area contributed by atoms with Crippen LogP contribution in [-0.2, 0) is 22.9 Å². The Morgan fingerprint density at radius 3 is 2.33 bits per heavy atom. The van der Waals surface area contributed by atoms with E-state index in [4.69, 9.17) is 4.74 Å². The number of pyridine rings is 1. The molecule has 172 valence electrons. The van der Waals surface area contributed by atoms with E-state index in [1.807, 2.05) is 24.7 Å². The quantitative estimate of drug-likeness (QED) is 0.523. The SMILES string of the molecule is CCc1cnc(N2CC=C(c3ccc(COc4ccc(S(C)(=O)=O)cc4)nc3)C(C)C2)nc1. The number of anilines is 1. The van der Waals surface area contributed by atoms with Gasteiger partial charge in [0, 0.05) is 37.9 Å². The fourth-order valence-corrected chi connectivity index (χ4v) is 4.42. The first kappa shape index (κ1) is 22.9. The Balaban J connectivity index is 1.38. The van der Waals surface area contributed by atoms with Crippen molar-refractivity contribution in [3.05, 3.63) is 77.9 Å². The molecular formula is C25H28N4O3S. The Kier molecular flexibility index (Phi) is 6.74. The van der Waals surface area contributed by atoms with Gasteiger partial charge in [-0.05, 0) is 59.4 Å². The van der Waals surface area contributed by atoms with Crippen LogP contribution in [0, 0.1) is 5.92 Å². The summed E-state index contributed by atoms with van der Waals surface area (Å²) in [5, 5.41) is 0. The first-order chi connectivity index (χ1) is 15.8. The molecule has 4 rings (SSSR count). The number of sulfone groups is 1. The number of rotatable bonds is 7. The minimum Gasteiger partial charge on any atom is -0.487 e. The van der Waals surface area contributed by atoms with Crippen molar-refractivity contribution in [3.63, 3.8) is 0 Å². The van der Waals surface area contributed by atoms with Gasteiger partial charge in [0.05, 0.1) is 10.6 Å². The molecule has 0 saturated heterocycles. The molecular weight excluding hydrogens is 436 g/mol. The maximum atomic E-state index is 11.6. The molecule has 0 amide bonds. The lowest BCUT2D eigenvalue weighted by Crippen LogP contribution is -2.34. The summed E-state index contributed by atoms with van der Waals surface area (Å²) in [6, 6.07) is 10.4. The van der Waals surface area contributed by atoms with Gasteiger partial charge < -0.3 is 9.64 Å². The fourth-order valence-electron chi connectivity index (χ4n) is 3.79. The van der Waals surface area contributed by atoms with E-state index in [2.05, 4.69) is 45.8 Å². The molecule has 1 aliphatic heterocycles. The fraction of sp³-hybridized carbons (Fsp3) is 0.320. The second kappa shape index (κ2) is 9.70. The van der Waals surface area contributed by atoms with Gasteiger partial charge in [0.25, 0.3) is 0 Å². The van der Waals surface area contributed by atoms with Crippen LogP contribution in [0.4, 0.5) is 5.95 Å². The van der Waals surface area contributed by atoms with Crippen LogP contribution in [0.1, 0.15) is 30.7 Å². The second-order valence-corrected chi connectivity index (χ2v) is 10.3. The number of hydrogen-bond acceptors (Lipinski definition) is 7. The number of nitrogens with zero attached hydrogens (tertiary/aromatic N) is 4.